The van der Waals surface area contributed by atoms with Crippen molar-refractivity contribution in [2.24, 2.45) is 0 Å². The first-order valence-corrected chi connectivity index (χ1v) is 9.28. The zero-order valence-electron chi connectivity index (χ0n) is 15.8. The number of ether oxygens (including phenoxy) is 1. The van der Waals surface area contributed by atoms with Crippen LogP contribution in [0.25, 0.3) is 0 Å². The van der Waals surface area contributed by atoms with Gasteiger partial charge in [0.2, 0.25) is 0 Å². The van der Waals surface area contributed by atoms with Crippen LogP contribution in [-0.2, 0) is 9.53 Å². The van der Waals surface area contributed by atoms with Crippen molar-refractivity contribution in [1.29, 1.82) is 0 Å². The van der Waals surface area contributed by atoms with E-state index in [0.29, 0.717) is 18.5 Å². The Morgan fingerprint density at radius 2 is 1.65 bits per heavy atom. The van der Waals surface area contributed by atoms with Crippen molar-refractivity contribution in [2.45, 2.75) is 44.4 Å². The summed E-state index contributed by atoms with van der Waals surface area (Å²) in [5.41, 5.74) is 2.54. The fourth-order valence-corrected chi connectivity index (χ4v) is 3.62. The minimum absolute atomic E-state index is 0.0730. The smallest absolute Gasteiger partial charge is 0.307 e. The van der Waals surface area contributed by atoms with Crippen molar-refractivity contribution >= 4 is 5.97 Å². The summed E-state index contributed by atoms with van der Waals surface area (Å²) in [6.07, 6.45) is 0.385. The second kappa shape index (κ2) is 8.47. The average Bonchev–Trinajstić information content (AvgIpc) is 3.49. The van der Waals surface area contributed by atoms with E-state index in [1.165, 1.54) is 18.2 Å². The van der Waals surface area contributed by atoms with Gasteiger partial charge in [0.05, 0.1) is 13.5 Å². The molecule has 1 aliphatic heterocycles. The number of hydrogen-bond acceptors (Lipinski definition) is 4. The lowest BCUT2D eigenvalue weighted by molar-refractivity contribution is -0.141. The molecule has 0 saturated carbocycles. The van der Waals surface area contributed by atoms with Crippen LogP contribution < -0.4 is 5.32 Å². The van der Waals surface area contributed by atoms with E-state index in [2.05, 4.69) is 60.5 Å². The number of benzene rings is 2. The Labute approximate surface area is 156 Å². The first kappa shape index (κ1) is 18.6. The van der Waals surface area contributed by atoms with Crippen LogP contribution in [0.2, 0.25) is 0 Å². The highest BCUT2D eigenvalue weighted by atomic mass is 16.5. The van der Waals surface area contributed by atoms with Gasteiger partial charge in [-0.2, -0.15) is 0 Å². The topological polar surface area (TPSA) is 41.3 Å². The van der Waals surface area contributed by atoms with Crippen LogP contribution in [0.15, 0.2) is 60.7 Å². The highest BCUT2D eigenvalue weighted by Crippen LogP contribution is 2.35. The number of carbonyl (C=O) groups excluding carboxylic acids is 1. The predicted octanol–water partition coefficient (Wildman–Crippen LogP) is 3.71. The molecule has 0 spiro atoms. The maximum absolute atomic E-state index is 11.9. The van der Waals surface area contributed by atoms with Crippen molar-refractivity contribution in [3.05, 3.63) is 71.8 Å². The fourth-order valence-electron chi connectivity index (χ4n) is 3.62. The highest BCUT2D eigenvalue weighted by Gasteiger charge is 2.44. The van der Waals surface area contributed by atoms with Crippen molar-refractivity contribution in [1.82, 2.24) is 10.2 Å². The third-order valence-electron chi connectivity index (χ3n) is 5.31. The van der Waals surface area contributed by atoms with Gasteiger partial charge >= 0.3 is 5.97 Å². The number of carbonyl (C=O) groups is 1. The van der Waals surface area contributed by atoms with E-state index >= 15 is 0 Å². The van der Waals surface area contributed by atoms with Gasteiger partial charge in [0.15, 0.2) is 0 Å². The minimum atomic E-state index is -0.165. The molecule has 138 valence electrons. The standard InChI is InChI=1S/C22H28N2O2/c1-16(18-10-6-4-7-11-18)23-20(14-22(25)26-3)21-15-24(21)17(2)19-12-8-5-9-13-19/h4-13,16-17,20-21,23H,14-15H2,1-3H3/t16-,17-,20-,21-,24?/m1/s1. The molecule has 0 aliphatic carbocycles. The van der Waals surface area contributed by atoms with Crippen molar-refractivity contribution < 1.29 is 9.53 Å². The fraction of sp³-hybridized carbons (Fsp3) is 0.409. The number of nitrogens with one attached hydrogen (secondary N) is 1. The largest absolute Gasteiger partial charge is 0.469 e. The monoisotopic (exact) mass is 352 g/mol. The predicted molar refractivity (Wildman–Crippen MR) is 104 cm³/mol. The summed E-state index contributed by atoms with van der Waals surface area (Å²) >= 11 is 0. The maximum Gasteiger partial charge on any atom is 0.307 e. The van der Waals surface area contributed by atoms with E-state index in [0.717, 1.165) is 6.54 Å². The Bertz CT molecular complexity index is 705. The molecular weight excluding hydrogens is 324 g/mol. The van der Waals surface area contributed by atoms with Gasteiger partial charge in [0.25, 0.3) is 0 Å². The summed E-state index contributed by atoms with van der Waals surface area (Å²) in [6.45, 7) is 5.37. The molecule has 1 fully saturated rings. The van der Waals surface area contributed by atoms with Crippen LogP contribution in [0.5, 0.6) is 0 Å². The van der Waals surface area contributed by atoms with E-state index in [1.54, 1.807) is 0 Å². The van der Waals surface area contributed by atoms with Crippen LogP contribution in [0.4, 0.5) is 0 Å². The van der Waals surface area contributed by atoms with Crippen LogP contribution in [0.3, 0.4) is 0 Å². The molecule has 4 nitrogen and oxygen atoms in total. The van der Waals surface area contributed by atoms with E-state index in [4.69, 9.17) is 4.74 Å². The zero-order valence-corrected chi connectivity index (χ0v) is 15.8. The lowest BCUT2D eigenvalue weighted by atomic mass is 10.0. The number of rotatable bonds is 8. The van der Waals surface area contributed by atoms with E-state index in [9.17, 15) is 4.79 Å². The molecule has 3 rings (SSSR count). The van der Waals surface area contributed by atoms with E-state index < -0.39 is 0 Å². The Kier molecular flexibility index (Phi) is 6.07. The molecule has 1 unspecified atom stereocenters. The summed E-state index contributed by atoms with van der Waals surface area (Å²) in [7, 11) is 1.46. The summed E-state index contributed by atoms with van der Waals surface area (Å²) < 4.78 is 4.93. The molecule has 4 heteroatoms. The average molecular weight is 352 g/mol. The minimum Gasteiger partial charge on any atom is -0.469 e. The quantitative estimate of drug-likeness (QED) is 0.581. The lowest BCUT2D eigenvalue weighted by Gasteiger charge is -2.24. The van der Waals surface area contributed by atoms with Gasteiger partial charge in [-0.25, -0.2) is 0 Å². The van der Waals surface area contributed by atoms with Gasteiger partial charge in [-0.15, -0.1) is 0 Å². The Morgan fingerprint density at radius 1 is 1.08 bits per heavy atom. The maximum atomic E-state index is 11.9. The number of hydrogen-bond donors (Lipinski definition) is 1. The molecule has 1 aliphatic rings. The van der Waals surface area contributed by atoms with Crippen molar-refractivity contribution in [2.75, 3.05) is 13.7 Å². The highest BCUT2D eigenvalue weighted by molar-refractivity contribution is 5.70. The lowest BCUT2D eigenvalue weighted by Crippen LogP contribution is -2.39. The first-order valence-electron chi connectivity index (χ1n) is 9.28. The summed E-state index contributed by atoms with van der Waals surface area (Å²) in [4.78, 5) is 14.4. The molecule has 0 aromatic heterocycles. The van der Waals surface area contributed by atoms with E-state index in [-0.39, 0.29) is 18.1 Å². The number of methoxy groups -OCH3 is 1. The van der Waals surface area contributed by atoms with E-state index in [1.807, 2.05) is 24.3 Å². The van der Waals surface area contributed by atoms with Crippen LogP contribution in [0, 0.1) is 0 Å². The van der Waals surface area contributed by atoms with Gasteiger partial charge in [0.1, 0.15) is 0 Å². The molecule has 26 heavy (non-hydrogen) atoms. The summed E-state index contributed by atoms with van der Waals surface area (Å²) in [5, 5.41) is 3.65. The molecule has 5 atom stereocenters. The molecule has 0 amide bonds. The van der Waals surface area contributed by atoms with Crippen molar-refractivity contribution in [3.63, 3.8) is 0 Å². The van der Waals surface area contributed by atoms with Crippen LogP contribution in [-0.4, -0.2) is 36.6 Å². The number of esters is 1. The first-order chi connectivity index (χ1) is 12.6. The molecule has 0 bridgehead atoms. The molecular formula is C22H28N2O2. The molecule has 2 aromatic rings. The van der Waals surface area contributed by atoms with Crippen molar-refractivity contribution in [3.8, 4) is 0 Å². The molecule has 0 radical (unpaired) electrons. The van der Waals surface area contributed by atoms with Gasteiger partial charge in [-0.3, -0.25) is 9.69 Å². The van der Waals surface area contributed by atoms with Gasteiger partial charge in [0, 0.05) is 30.7 Å². The SMILES string of the molecule is COC(=O)C[C@@H](N[C@H](C)c1ccccc1)[C@H]1CN1[C@H](C)c1ccccc1. The second-order valence-corrected chi connectivity index (χ2v) is 7.04. The Hall–Kier alpha value is -2.17. The van der Waals surface area contributed by atoms with Crippen LogP contribution >= 0.6 is 0 Å². The number of nitrogens with zero attached hydrogens (tertiary/aromatic N) is 1. The molecule has 1 N–H and O–H groups in total. The molecule has 2 aromatic carbocycles. The Balaban J connectivity index is 1.68. The third kappa shape index (κ3) is 4.51. The zero-order chi connectivity index (χ0) is 18.5. The summed E-state index contributed by atoms with van der Waals surface area (Å²) in [6, 6.07) is 21.8. The molecule has 1 heterocycles. The molecule has 1 saturated heterocycles. The third-order valence-corrected chi connectivity index (χ3v) is 5.31. The second-order valence-electron chi connectivity index (χ2n) is 7.04. The van der Waals surface area contributed by atoms with Gasteiger partial charge < -0.3 is 10.1 Å². The Morgan fingerprint density at radius 3 is 2.23 bits per heavy atom. The summed E-state index contributed by atoms with van der Waals surface area (Å²) in [5.74, 6) is -0.165. The van der Waals surface area contributed by atoms with Crippen LogP contribution in [0.1, 0.15) is 43.5 Å². The van der Waals surface area contributed by atoms with Gasteiger partial charge in [-0.1, -0.05) is 60.7 Å². The normalized spacial score (nSPS) is 22.3. The van der Waals surface area contributed by atoms with Gasteiger partial charge in [-0.05, 0) is 25.0 Å².